The van der Waals surface area contributed by atoms with Gasteiger partial charge >= 0.3 is 5.97 Å². The zero-order valence-corrected chi connectivity index (χ0v) is 16.6. The molecule has 9 heteroatoms. The fourth-order valence-electron chi connectivity index (χ4n) is 3.12. The molecule has 2 unspecified atom stereocenters. The lowest BCUT2D eigenvalue weighted by molar-refractivity contribution is -0.146. The fraction of sp³-hybridized carbons (Fsp3) is 0.300. The number of aliphatic carboxylic acids is 1. The van der Waals surface area contributed by atoms with E-state index in [4.69, 9.17) is 0 Å². The van der Waals surface area contributed by atoms with E-state index in [1.165, 1.54) is 6.07 Å². The van der Waals surface area contributed by atoms with E-state index in [0.29, 0.717) is 29.8 Å². The van der Waals surface area contributed by atoms with E-state index < -0.39 is 27.6 Å². The Labute approximate surface area is 168 Å². The Morgan fingerprint density at radius 3 is 2.24 bits per heavy atom. The highest BCUT2D eigenvalue weighted by Crippen LogP contribution is 2.28. The van der Waals surface area contributed by atoms with E-state index in [2.05, 4.69) is 15.5 Å². The Morgan fingerprint density at radius 2 is 1.69 bits per heavy atom. The molecule has 8 nitrogen and oxygen atoms in total. The zero-order valence-electron chi connectivity index (χ0n) is 15.8. The summed E-state index contributed by atoms with van der Waals surface area (Å²) in [5, 5.41) is 19.8. The molecule has 0 saturated carbocycles. The molecule has 3 rings (SSSR count). The van der Waals surface area contributed by atoms with Crippen LogP contribution in [-0.2, 0) is 19.4 Å². The van der Waals surface area contributed by atoms with Gasteiger partial charge in [0, 0.05) is 11.3 Å². The lowest BCUT2D eigenvalue weighted by atomic mass is 9.82. The maximum Gasteiger partial charge on any atom is 0.307 e. The maximum atomic E-state index is 12.5. The van der Waals surface area contributed by atoms with Gasteiger partial charge in [-0.2, -0.15) is 0 Å². The van der Waals surface area contributed by atoms with Crippen LogP contribution in [0.25, 0.3) is 11.3 Å². The van der Waals surface area contributed by atoms with Crippen LogP contribution in [0.3, 0.4) is 0 Å². The van der Waals surface area contributed by atoms with Crippen molar-refractivity contribution in [1.29, 1.82) is 0 Å². The minimum atomic E-state index is -3.41. The molecule has 1 aliphatic carbocycles. The molecule has 2 aromatic rings. The van der Waals surface area contributed by atoms with Crippen molar-refractivity contribution in [3.05, 3.63) is 48.6 Å². The number of hydrogen-bond acceptors (Lipinski definition) is 6. The van der Waals surface area contributed by atoms with Gasteiger partial charge in [-0.3, -0.25) is 9.59 Å². The Bertz CT molecular complexity index is 1030. The number of nitrogens with zero attached hydrogens (tertiary/aromatic N) is 2. The molecular weight excluding hydrogens is 394 g/mol. The monoisotopic (exact) mass is 415 g/mol. The van der Waals surface area contributed by atoms with Gasteiger partial charge in [0.05, 0.1) is 23.3 Å². The van der Waals surface area contributed by atoms with E-state index in [0.717, 1.165) is 0 Å². The van der Waals surface area contributed by atoms with Crippen molar-refractivity contribution in [3.8, 4) is 11.3 Å². The smallest absolute Gasteiger partial charge is 0.307 e. The average Bonchev–Trinajstić information content (AvgIpc) is 2.74. The van der Waals surface area contributed by atoms with Crippen LogP contribution in [0, 0.1) is 11.8 Å². The second-order valence-corrected chi connectivity index (χ2v) is 8.95. The Kier molecular flexibility index (Phi) is 6.07. The third kappa shape index (κ3) is 4.68. The molecule has 1 aromatic heterocycles. The van der Waals surface area contributed by atoms with Crippen LogP contribution in [0.2, 0.25) is 0 Å². The van der Waals surface area contributed by atoms with E-state index in [1.807, 2.05) is 6.08 Å². The van der Waals surface area contributed by atoms with Gasteiger partial charge in [0.2, 0.25) is 5.91 Å². The van der Waals surface area contributed by atoms with Crippen LogP contribution >= 0.6 is 0 Å². The van der Waals surface area contributed by atoms with Crippen LogP contribution in [0.1, 0.15) is 19.8 Å². The van der Waals surface area contributed by atoms with Crippen molar-refractivity contribution in [2.24, 2.45) is 11.8 Å². The standard InChI is InChI=1S/C20H21N3O5S/c1-2-29(27,28)18-12-11-17(22-23-18)13-7-9-14(10-8-13)21-19(24)15-5-3-4-6-16(15)20(25)26/h3-4,7-12,15-16H,2,5-6H2,1H3,(H,21,24)(H,25,26). The lowest BCUT2D eigenvalue weighted by Gasteiger charge is -2.24. The molecule has 1 aliphatic rings. The number of amides is 1. The van der Waals surface area contributed by atoms with Gasteiger partial charge in [-0.25, -0.2) is 8.42 Å². The van der Waals surface area contributed by atoms with Crippen LogP contribution < -0.4 is 5.32 Å². The van der Waals surface area contributed by atoms with Crippen molar-refractivity contribution in [1.82, 2.24) is 10.2 Å². The van der Waals surface area contributed by atoms with Gasteiger partial charge in [-0.05, 0) is 37.1 Å². The summed E-state index contributed by atoms with van der Waals surface area (Å²) < 4.78 is 23.6. The summed E-state index contributed by atoms with van der Waals surface area (Å²) in [6.07, 6.45) is 4.35. The third-order valence-corrected chi connectivity index (χ3v) is 6.49. The second kappa shape index (κ2) is 8.52. The molecule has 0 bridgehead atoms. The first kappa shape index (κ1) is 20.7. The zero-order chi connectivity index (χ0) is 21.0. The van der Waals surface area contributed by atoms with Crippen LogP contribution in [-0.4, -0.2) is 41.4 Å². The topological polar surface area (TPSA) is 126 Å². The van der Waals surface area contributed by atoms with Crippen molar-refractivity contribution < 1.29 is 23.1 Å². The van der Waals surface area contributed by atoms with Gasteiger partial charge in [0.1, 0.15) is 0 Å². The molecule has 0 radical (unpaired) electrons. The highest BCUT2D eigenvalue weighted by Gasteiger charge is 2.33. The molecule has 0 aliphatic heterocycles. The molecule has 2 N–H and O–H groups in total. The SMILES string of the molecule is CCS(=O)(=O)c1ccc(-c2ccc(NC(=O)C3CC=CCC3C(=O)O)cc2)nn1. The van der Waals surface area contributed by atoms with E-state index in [9.17, 15) is 23.1 Å². The molecular formula is C20H21N3O5S. The van der Waals surface area contributed by atoms with Crippen LogP contribution in [0.15, 0.2) is 53.6 Å². The summed E-state index contributed by atoms with van der Waals surface area (Å²) in [6.45, 7) is 1.54. The van der Waals surface area contributed by atoms with E-state index in [1.54, 1.807) is 43.3 Å². The van der Waals surface area contributed by atoms with Crippen molar-refractivity contribution >= 4 is 27.4 Å². The minimum absolute atomic E-state index is 0.0467. The molecule has 2 atom stereocenters. The van der Waals surface area contributed by atoms with Crippen molar-refractivity contribution in [3.63, 3.8) is 0 Å². The molecule has 29 heavy (non-hydrogen) atoms. The first-order valence-electron chi connectivity index (χ1n) is 9.17. The summed E-state index contributed by atoms with van der Waals surface area (Å²) in [5.74, 6) is -2.70. The third-order valence-electron chi connectivity index (χ3n) is 4.87. The normalized spacial score (nSPS) is 18.9. The second-order valence-electron chi connectivity index (χ2n) is 6.72. The summed E-state index contributed by atoms with van der Waals surface area (Å²) in [4.78, 5) is 23.9. The average molecular weight is 415 g/mol. The number of allylic oxidation sites excluding steroid dienone is 2. The van der Waals surface area contributed by atoms with Crippen LogP contribution in [0.4, 0.5) is 5.69 Å². The molecule has 1 aromatic carbocycles. The first-order chi connectivity index (χ1) is 13.8. The highest BCUT2D eigenvalue weighted by molar-refractivity contribution is 7.91. The van der Waals surface area contributed by atoms with E-state index in [-0.39, 0.29) is 16.7 Å². The van der Waals surface area contributed by atoms with Gasteiger partial charge in [0.25, 0.3) is 0 Å². The van der Waals surface area contributed by atoms with Crippen molar-refractivity contribution in [2.75, 3.05) is 11.1 Å². The number of hydrogen-bond donors (Lipinski definition) is 2. The molecule has 0 spiro atoms. The number of carboxylic acids is 1. The molecule has 0 saturated heterocycles. The number of sulfone groups is 1. The van der Waals surface area contributed by atoms with Crippen molar-refractivity contribution in [2.45, 2.75) is 24.8 Å². The quantitative estimate of drug-likeness (QED) is 0.694. The van der Waals surface area contributed by atoms with E-state index >= 15 is 0 Å². The number of carbonyl (C=O) groups excluding carboxylic acids is 1. The number of benzene rings is 1. The summed E-state index contributed by atoms with van der Waals surface area (Å²) in [6, 6.07) is 9.81. The highest BCUT2D eigenvalue weighted by atomic mass is 32.2. The number of carboxylic acid groups (broad SMARTS) is 1. The Morgan fingerprint density at radius 1 is 1.03 bits per heavy atom. The van der Waals surface area contributed by atoms with Gasteiger partial charge < -0.3 is 10.4 Å². The molecule has 1 heterocycles. The first-order valence-corrected chi connectivity index (χ1v) is 10.8. The molecule has 1 amide bonds. The molecule has 0 fully saturated rings. The number of rotatable bonds is 6. The Balaban J connectivity index is 1.71. The summed E-state index contributed by atoms with van der Waals surface area (Å²) in [7, 11) is -3.41. The van der Waals surface area contributed by atoms with Crippen LogP contribution in [0.5, 0.6) is 0 Å². The van der Waals surface area contributed by atoms with Gasteiger partial charge in [-0.1, -0.05) is 31.2 Å². The predicted molar refractivity (Wildman–Crippen MR) is 107 cm³/mol. The summed E-state index contributed by atoms with van der Waals surface area (Å²) >= 11 is 0. The summed E-state index contributed by atoms with van der Waals surface area (Å²) in [5.41, 5.74) is 1.75. The number of carbonyl (C=O) groups is 2. The number of nitrogens with one attached hydrogen (secondary N) is 1. The minimum Gasteiger partial charge on any atom is -0.481 e. The number of anilines is 1. The predicted octanol–water partition coefficient (Wildman–Crippen LogP) is 2.54. The molecule has 152 valence electrons. The van der Waals surface area contributed by atoms with Gasteiger partial charge in [0.15, 0.2) is 14.9 Å². The largest absolute Gasteiger partial charge is 0.481 e. The fourth-order valence-corrected chi connectivity index (χ4v) is 3.86. The Hall–Kier alpha value is -3.07. The number of aromatic nitrogens is 2. The maximum absolute atomic E-state index is 12.5. The lowest BCUT2D eigenvalue weighted by Crippen LogP contribution is -2.34. The van der Waals surface area contributed by atoms with Gasteiger partial charge in [-0.15, -0.1) is 10.2 Å².